The molecule has 3 heterocycles. The Bertz CT molecular complexity index is 934. The van der Waals surface area contributed by atoms with Crippen LogP contribution in [0.4, 0.5) is 9.52 Å². The van der Waals surface area contributed by atoms with E-state index in [4.69, 9.17) is 5.73 Å². The third-order valence-corrected chi connectivity index (χ3v) is 5.56. The maximum absolute atomic E-state index is 13.4. The van der Waals surface area contributed by atoms with E-state index < -0.39 is 0 Å². The number of carbonyl (C=O) groups is 1. The maximum atomic E-state index is 13.4. The van der Waals surface area contributed by atoms with Gasteiger partial charge < -0.3 is 10.6 Å². The molecule has 1 aliphatic rings. The molecule has 0 atom stereocenters. The van der Waals surface area contributed by atoms with Gasteiger partial charge in [0.1, 0.15) is 16.2 Å². The molecule has 1 aliphatic heterocycles. The minimum absolute atomic E-state index is 0.0386. The van der Waals surface area contributed by atoms with Crippen molar-refractivity contribution in [2.24, 2.45) is 11.7 Å². The molecule has 0 aliphatic carbocycles. The Morgan fingerprint density at radius 1 is 1.20 bits per heavy atom. The Morgan fingerprint density at radius 3 is 2.72 bits per heavy atom. The number of hydrogen-bond donors (Lipinski definition) is 1. The molecule has 1 amide bonds. The van der Waals surface area contributed by atoms with Crippen molar-refractivity contribution in [3.63, 3.8) is 0 Å². The number of halogens is 1. The Balaban J connectivity index is 1.60. The first kappa shape index (κ1) is 16.0. The van der Waals surface area contributed by atoms with Gasteiger partial charge in [-0.1, -0.05) is 23.5 Å². The lowest BCUT2D eigenvalue weighted by Crippen LogP contribution is -2.38. The number of benzene rings is 1. The lowest BCUT2D eigenvalue weighted by atomic mass is 9.97. The zero-order chi connectivity index (χ0) is 17.4. The molecule has 3 aromatic rings. The van der Waals surface area contributed by atoms with Crippen molar-refractivity contribution >= 4 is 32.7 Å². The monoisotopic (exact) mass is 356 g/mol. The van der Waals surface area contributed by atoms with Crippen LogP contribution in [-0.2, 0) is 4.79 Å². The van der Waals surface area contributed by atoms with E-state index in [9.17, 15) is 9.18 Å². The number of amides is 1. The number of thiazole rings is 1. The highest BCUT2D eigenvalue weighted by atomic mass is 32.1. The number of hydrogen-bond acceptors (Lipinski definition) is 5. The lowest BCUT2D eigenvalue weighted by molar-refractivity contribution is -0.122. The number of aromatic nitrogens is 2. The van der Waals surface area contributed by atoms with Gasteiger partial charge in [-0.25, -0.2) is 14.4 Å². The summed E-state index contributed by atoms with van der Waals surface area (Å²) in [4.78, 5) is 23.6. The van der Waals surface area contributed by atoms with Crippen LogP contribution in [0.15, 0.2) is 36.4 Å². The summed E-state index contributed by atoms with van der Waals surface area (Å²) in [7, 11) is 0. The van der Waals surface area contributed by atoms with E-state index in [1.165, 1.54) is 23.5 Å². The second kappa shape index (κ2) is 6.40. The maximum Gasteiger partial charge on any atom is 0.220 e. The zero-order valence-corrected chi connectivity index (χ0v) is 14.3. The van der Waals surface area contributed by atoms with Crippen LogP contribution < -0.4 is 10.6 Å². The highest BCUT2D eigenvalue weighted by Gasteiger charge is 2.25. The first-order valence-electron chi connectivity index (χ1n) is 8.18. The van der Waals surface area contributed by atoms with Gasteiger partial charge >= 0.3 is 0 Å². The van der Waals surface area contributed by atoms with E-state index in [-0.39, 0.29) is 17.6 Å². The minimum atomic E-state index is -0.276. The summed E-state index contributed by atoms with van der Waals surface area (Å²) in [5.41, 5.74) is 7.70. The van der Waals surface area contributed by atoms with Gasteiger partial charge in [0.05, 0.1) is 5.69 Å². The van der Waals surface area contributed by atoms with Gasteiger partial charge in [0.15, 0.2) is 5.13 Å². The molecule has 0 unspecified atom stereocenters. The van der Waals surface area contributed by atoms with Gasteiger partial charge in [0.2, 0.25) is 5.91 Å². The summed E-state index contributed by atoms with van der Waals surface area (Å²) in [5, 5.41) is 0.904. The van der Waals surface area contributed by atoms with Crippen molar-refractivity contribution in [2.75, 3.05) is 18.0 Å². The van der Waals surface area contributed by atoms with Crippen LogP contribution in [0.25, 0.3) is 21.6 Å². The third-order valence-electron chi connectivity index (χ3n) is 4.53. The quantitative estimate of drug-likeness (QED) is 0.782. The Hall–Kier alpha value is -2.54. The van der Waals surface area contributed by atoms with Crippen LogP contribution in [0.1, 0.15) is 12.8 Å². The van der Waals surface area contributed by atoms with Crippen molar-refractivity contribution in [1.82, 2.24) is 9.97 Å². The van der Waals surface area contributed by atoms with E-state index in [2.05, 4.69) is 14.9 Å². The summed E-state index contributed by atoms with van der Waals surface area (Å²) in [6.45, 7) is 1.54. The number of anilines is 1. The van der Waals surface area contributed by atoms with Crippen molar-refractivity contribution < 1.29 is 9.18 Å². The normalized spacial score (nSPS) is 15.6. The van der Waals surface area contributed by atoms with Gasteiger partial charge in [0.25, 0.3) is 0 Å². The molecule has 0 radical (unpaired) electrons. The number of carbonyl (C=O) groups excluding carboxylic acids is 1. The molecular formula is C18H17FN4OS. The number of nitrogens with two attached hydrogens (primary N) is 1. The predicted molar refractivity (Wildman–Crippen MR) is 96.9 cm³/mol. The summed E-state index contributed by atoms with van der Waals surface area (Å²) < 4.78 is 13.4. The van der Waals surface area contributed by atoms with Crippen LogP contribution in [0.5, 0.6) is 0 Å². The Morgan fingerprint density at radius 2 is 2.00 bits per heavy atom. The first-order chi connectivity index (χ1) is 12.1. The molecule has 25 heavy (non-hydrogen) atoms. The second-order valence-corrected chi connectivity index (χ2v) is 7.15. The van der Waals surface area contributed by atoms with Crippen molar-refractivity contribution in [2.45, 2.75) is 12.8 Å². The SMILES string of the molecule is NC(=O)C1CCN(c2nc3ccc(-c4cccc(F)c4)nc3s2)CC1. The zero-order valence-electron chi connectivity index (χ0n) is 13.5. The third kappa shape index (κ3) is 3.19. The van der Waals surface area contributed by atoms with Crippen molar-refractivity contribution in [1.29, 1.82) is 0 Å². The molecule has 0 spiro atoms. The molecule has 0 bridgehead atoms. The van der Waals surface area contributed by atoms with Gasteiger partial charge in [0, 0.05) is 24.6 Å². The van der Waals surface area contributed by atoms with E-state index in [1.807, 2.05) is 18.2 Å². The average molecular weight is 356 g/mol. The first-order valence-corrected chi connectivity index (χ1v) is 8.99. The molecule has 1 saturated heterocycles. The average Bonchev–Trinajstić information content (AvgIpc) is 3.05. The molecule has 1 aromatic carbocycles. The molecule has 2 N–H and O–H groups in total. The molecule has 128 valence electrons. The van der Waals surface area contributed by atoms with E-state index in [0.717, 1.165) is 52.7 Å². The van der Waals surface area contributed by atoms with Crippen molar-refractivity contribution in [3.8, 4) is 11.3 Å². The van der Waals surface area contributed by atoms with Crippen LogP contribution in [0, 0.1) is 11.7 Å². The van der Waals surface area contributed by atoms with Crippen LogP contribution >= 0.6 is 11.3 Å². The van der Waals surface area contributed by atoms with E-state index in [1.54, 1.807) is 6.07 Å². The number of nitrogens with zero attached hydrogens (tertiary/aromatic N) is 3. The largest absolute Gasteiger partial charge is 0.369 e. The highest BCUT2D eigenvalue weighted by molar-refractivity contribution is 7.21. The molecule has 1 fully saturated rings. The standard InChI is InChI=1S/C18H17FN4OS/c19-13-3-1-2-12(10-13)14-4-5-15-17(21-14)25-18(22-15)23-8-6-11(7-9-23)16(20)24/h1-5,10-11H,6-9H2,(H2,20,24). The Labute approximate surface area is 148 Å². The van der Waals surface area contributed by atoms with Gasteiger partial charge in [-0.15, -0.1) is 0 Å². The fourth-order valence-electron chi connectivity index (χ4n) is 3.10. The van der Waals surface area contributed by atoms with Crippen molar-refractivity contribution in [3.05, 3.63) is 42.2 Å². The summed E-state index contributed by atoms with van der Waals surface area (Å²) >= 11 is 1.52. The fraction of sp³-hybridized carbons (Fsp3) is 0.278. The van der Waals surface area contributed by atoms with Gasteiger partial charge in [-0.05, 0) is 37.1 Å². The number of fused-ring (bicyclic) bond motifs is 1. The smallest absolute Gasteiger partial charge is 0.220 e. The van der Waals surface area contributed by atoms with Gasteiger partial charge in [-0.2, -0.15) is 0 Å². The number of primary amides is 1. The molecule has 2 aromatic heterocycles. The molecular weight excluding hydrogens is 339 g/mol. The summed E-state index contributed by atoms with van der Waals surface area (Å²) in [6.07, 6.45) is 1.51. The number of piperidine rings is 1. The fourth-order valence-corrected chi connectivity index (χ4v) is 4.10. The highest BCUT2D eigenvalue weighted by Crippen LogP contribution is 2.32. The van der Waals surface area contributed by atoms with E-state index >= 15 is 0 Å². The minimum Gasteiger partial charge on any atom is -0.369 e. The molecule has 5 nitrogen and oxygen atoms in total. The summed E-state index contributed by atoms with van der Waals surface area (Å²) in [5.74, 6) is -0.532. The molecule has 0 saturated carbocycles. The Kier molecular flexibility index (Phi) is 4.09. The van der Waals surface area contributed by atoms with Crippen LogP contribution in [-0.4, -0.2) is 29.0 Å². The van der Waals surface area contributed by atoms with E-state index in [0.29, 0.717) is 0 Å². The molecule has 7 heteroatoms. The summed E-state index contributed by atoms with van der Waals surface area (Å²) in [6, 6.07) is 10.2. The van der Waals surface area contributed by atoms with Gasteiger partial charge in [-0.3, -0.25) is 4.79 Å². The van der Waals surface area contributed by atoms with Crippen LogP contribution in [0.2, 0.25) is 0 Å². The second-order valence-electron chi connectivity index (χ2n) is 6.19. The predicted octanol–water partition coefficient (Wildman–Crippen LogP) is 3.20. The van der Waals surface area contributed by atoms with Crippen LogP contribution in [0.3, 0.4) is 0 Å². The number of rotatable bonds is 3. The lowest BCUT2D eigenvalue weighted by Gasteiger charge is -2.30. The topological polar surface area (TPSA) is 72.1 Å². The molecule has 4 rings (SSSR count). The number of pyridine rings is 1.